The van der Waals surface area contributed by atoms with Crippen molar-refractivity contribution in [2.24, 2.45) is 5.73 Å². The van der Waals surface area contributed by atoms with E-state index >= 15 is 0 Å². The van der Waals surface area contributed by atoms with Gasteiger partial charge in [-0.1, -0.05) is 20.7 Å². The fraction of sp³-hybridized carbons (Fsp3) is 0. The van der Waals surface area contributed by atoms with Crippen molar-refractivity contribution in [3.63, 3.8) is 0 Å². The molecule has 0 atom stereocenters. The van der Waals surface area contributed by atoms with Crippen LogP contribution in [0.2, 0.25) is 0 Å². The molecule has 0 radical (unpaired) electrons. The molecule has 54 valence electrons. The fourth-order valence-corrected chi connectivity index (χ4v) is 2.31. The zero-order valence-electron chi connectivity index (χ0n) is 5.04. The van der Waals surface area contributed by atoms with Crippen LogP contribution in [0.15, 0.2) is 21.4 Å². The molecule has 0 aliphatic carbocycles. The Morgan fingerprint density at radius 1 is 1.70 bits per heavy atom. The summed E-state index contributed by atoms with van der Waals surface area (Å²) in [7, 11) is 0. The summed E-state index contributed by atoms with van der Waals surface area (Å²) in [6, 6.07) is 0. The van der Waals surface area contributed by atoms with Gasteiger partial charge in [-0.05, 0) is 14.2 Å². The Hall–Kier alpha value is -0.650. The standard InChI is InChI=1S/C6H6INO2/c8-5-1-2-7-3-4(5)6(9)10/h1-3H,8H2,(H,9,10). The van der Waals surface area contributed by atoms with Crippen LogP contribution in [0, 0.1) is 0 Å². The number of rotatable bonds is 1. The summed E-state index contributed by atoms with van der Waals surface area (Å²) in [5.41, 5.74) is 6.00. The van der Waals surface area contributed by atoms with Crippen molar-refractivity contribution in [2.45, 2.75) is 0 Å². The van der Waals surface area contributed by atoms with Gasteiger partial charge < -0.3 is 10.8 Å². The van der Waals surface area contributed by atoms with Crippen molar-refractivity contribution in [3.05, 3.63) is 21.4 Å². The largest absolute Gasteiger partial charge is 0.478 e. The summed E-state index contributed by atoms with van der Waals surface area (Å²) in [6.07, 6.45) is 1.66. The Morgan fingerprint density at radius 2 is 2.40 bits per heavy atom. The van der Waals surface area contributed by atoms with Crippen molar-refractivity contribution in [3.8, 4) is 0 Å². The molecule has 0 saturated heterocycles. The maximum absolute atomic E-state index is 10.4. The van der Waals surface area contributed by atoms with E-state index in [1.807, 2.05) is 4.01 Å². The molecule has 0 bridgehead atoms. The quantitative estimate of drug-likeness (QED) is 0.670. The van der Waals surface area contributed by atoms with Gasteiger partial charge in [0, 0.05) is 5.70 Å². The molecular weight excluding hydrogens is 245 g/mol. The number of carbonyl (C=O) groups is 1. The molecule has 1 aliphatic heterocycles. The molecule has 0 fully saturated rings. The first-order valence-electron chi connectivity index (χ1n) is 2.56. The molecule has 3 nitrogen and oxygen atoms in total. The second kappa shape index (κ2) is 2.96. The molecule has 0 saturated carbocycles. The summed E-state index contributed by atoms with van der Waals surface area (Å²) in [4.78, 5) is 10.4. The van der Waals surface area contributed by atoms with E-state index in [-0.39, 0.29) is 26.3 Å². The summed E-state index contributed by atoms with van der Waals surface area (Å²) in [5, 5.41) is 8.52. The first kappa shape index (κ1) is 7.46. The van der Waals surface area contributed by atoms with E-state index in [2.05, 4.69) is 0 Å². The van der Waals surface area contributed by atoms with E-state index in [9.17, 15) is 4.79 Å². The molecule has 1 rings (SSSR count). The highest BCUT2D eigenvalue weighted by atomic mass is 127. The van der Waals surface area contributed by atoms with E-state index in [1.54, 1.807) is 10.2 Å². The van der Waals surface area contributed by atoms with Gasteiger partial charge in [-0.25, -0.2) is 4.79 Å². The van der Waals surface area contributed by atoms with Crippen LogP contribution >= 0.6 is 20.7 Å². The van der Waals surface area contributed by atoms with E-state index in [0.717, 1.165) is 0 Å². The number of aliphatic carboxylic acids is 1. The van der Waals surface area contributed by atoms with Gasteiger partial charge in [-0.2, -0.15) is 0 Å². The van der Waals surface area contributed by atoms with Crippen LogP contribution in [0.25, 0.3) is 0 Å². The highest BCUT2D eigenvalue weighted by Crippen LogP contribution is 2.14. The van der Waals surface area contributed by atoms with Gasteiger partial charge in [-0.15, -0.1) is 0 Å². The molecule has 0 aromatic heterocycles. The van der Waals surface area contributed by atoms with Crippen molar-refractivity contribution in [1.82, 2.24) is 0 Å². The summed E-state index contributed by atoms with van der Waals surface area (Å²) in [6.45, 7) is 0. The fourth-order valence-electron chi connectivity index (χ4n) is 0.527. The number of carboxylic acids is 1. The minimum atomic E-state index is -0.929. The third-order valence-corrected chi connectivity index (χ3v) is 2.79. The first-order chi connectivity index (χ1) is 4.72. The molecule has 3 N–H and O–H groups in total. The van der Waals surface area contributed by atoms with E-state index < -0.39 is 5.97 Å². The molecule has 4 heteroatoms. The maximum atomic E-state index is 10.4. The number of nitrogens with two attached hydrogens (primary N) is 1. The molecule has 1 aliphatic rings. The third kappa shape index (κ3) is 1.44. The maximum Gasteiger partial charge on any atom is 0.338 e. The number of hydrogen-bond acceptors (Lipinski definition) is 2. The second-order valence-corrected chi connectivity index (χ2v) is 3.76. The third-order valence-electron chi connectivity index (χ3n) is 1.03. The number of carboxylic acid groups (broad SMARTS) is 1. The molecule has 1 heterocycles. The highest BCUT2D eigenvalue weighted by molar-refractivity contribution is 14.2. The number of allylic oxidation sites excluding steroid dienone is 1. The molecule has 0 aromatic carbocycles. The highest BCUT2D eigenvalue weighted by Gasteiger charge is 2.09. The Kier molecular flexibility index (Phi) is 2.21. The van der Waals surface area contributed by atoms with Gasteiger partial charge in [0.15, 0.2) is 0 Å². The summed E-state index contributed by atoms with van der Waals surface area (Å²) in [5.74, 6) is -0.929. The summed E-state index contributed by atoms with van der Waals surface area (Å²) >= 11 is -0.210. The zero-order chi connectivity index (χ0) is 7.56. The normalized spacial score (nSPS) is 16.8. The van der Waals surface area contributed by atoms with Gasteiger partial charge in [-0.3, -0.25) is 0 Å². The van der Waals surface area contributed by atoms with Crippen LogP contribution in [0.3, 0.4) is 0 Å². The van der Waals surface area contributed by atoms with Crippen molar-refractivity contribution in [1.29, 1.82) is 0 Å². The van der Waals surface area contributed by atoms with Crippen LogP contribution in [0.1, 0.15) is 0 Å². The Labute approximate surface area is 68.0 Å². The van der Waals surface area contributed by atoms with Crippen LogP contribution in [0.4, 0.5) is 0 Å². The zero-order valence-corrected chi connectivity index (χ0v) is 7.20. The lowest BCUT2D eigenvalue weighted by Crippen LogP contribution is -2.10. The molecule has 10 heavy (non-hydrogen) atoms. The average molecular weight is 251 g/mol. The smallest absolute Gasteiger partial charge is 0.338 e. The molecule has 0 aromatic rings. The van der Waals surface area contributed by atoms with Crippen LogP contribution in [0.5, 0.6) is 0 Å². The van der Waals surface area contributed by atoms with Crippen LogP contribution < -0.4 is 5.73 Å². The van der Waals surface area contributed by atoms with Gasteiger partial charge in [0.2, 0.25) is 0 Å². The molecule has 0 spiro atoms. The van der Waals surface area contributed by atoms with Crippen LogP contribution in [-0.2, 0) is 4.79 Å². The number of hydrogen-bond donors (Lipinski definition) is 2. The first-order valence-corrected chi connectivity index (χ1v) is 5.05. The SMILES string of the molecule is NC1=CC=IC=C1C(=O)O. The van der Waals surface area contributed by atoms with Crippen molar-refractivity contribution >= 4 is 30.7 Å². The van der Waals surface area contributed by atoms with Crippen molar-refractivity contribution in [2.75, 3.05) is 0 Å². The Bertz CT molecular complexity index is 252. The van der Waals surface area contributed by atoms with E-state index in [0.29, 0.717) is 5.70 Å². The monoisotopic (exact) mass is 251 g/mol. The lowest BCUT2D eigenvalue weighted by Gasteiger charge is -2.01. The number of halogens is 1. The van der Waals surface area contributed by atoms with Gasteiger partial charge in [0.1, 0.15) is 0 Å². The van der Waals surface area contributed by atoms with Crippen molar-refractivity contribution < 1.29 is 9.90 Å². The molecule has 0 unspecified atom stereocenters. The average Bonchev–Trinajstić information content (AvgIpc) is 1.88. The van der Waals surface area contributed by atoms with Gasteiger partial charge in [0.05, 0.1) is 5.57 Å². The Morgan fingerprint density at radius 3 is 2.80 bits per heavy atom. The lowest BCUT2D eigenvalue weighted by molar-refractivity contribution is -0.132. The van der Waals surface area contributed by atoms with E-state index in [4.69, 9.17) is 10.8 Å². The second-order valence-electron chi connectivity index (χ2n) is 1.70. The minimum absolute atomic E-state index is 0.210. The lowest BCUT2D eigenvalue weighted by atomic mass is 10.2. The van der Waals surface area contributed by atoms with E-state index in [1.165, 1.54) is 0 Å². The summed E-state index contributed by atoms with van der Waals surface area (Å²) < 4.78 is 3.64. The van der Waals surface area contributed by atoms with Gasteiger partial charge >= 0.3 is 5.97 Å². The minimum Gasteiger partial charge on any atom is -0.478 e. The predicted molar refractivity (Wildman–Crippen MR) is 48.1 cm³/mol. The topological polar surface area (TPSA) is 63.3 Å². The van der Waals surface area contributed by atoms with Gasteiger partial charge in [0.25, 0.3) is 0 Å². The molecular formula is C6H6INO2. The Balaban J connectivity index is 2.98. The van der Waals surface area contributed by atoms with Crippen LogP contribution in [-0.4, -0.2) is 15.1 Å². The predicted octanol–water partition coefficient (Wildman–Crippen LogP) is 0.584. The molecule has 0 amide bonds.